The maximum Gasteiger partial charge on any atom is 0.335 e. The Morgan fingerprint density at radius 3 is 2.52 bits per heavy atom. The molecule has 0 aliphatic heterocycles. The maximum atomic E-state index is 10.9. The summed E-state index contributed by atoms with van der Waals surface area (Å²) in [5.74, 6) is 2.55. The number of aromatic carboxylic acids is 1. The number of carbonyl (C=O) groups is 1. The first-order valence-electron chi connectivity index (χ1n) is 9.12. The summed E-state index contributed by atoms with van der Waals surface area (Å²) in [5.41, 5.74) is 3.94. The van der Waals surface area contributed by atoms with E-state index in [4.69, 9.17) is 9.52 Å². The molecule has 0 atom stereocenters. The number of hydrazone groups is 1. The minimum atomic E-state index is -0.960. The van der Waals surface area contributed by atoms with Crippen LogP contribution >= 0.6 is 0 Å². The number of hydrogen-bond acceptors (Lipinski definition) is 7. The molecule has 29 heavy (non-hydrogen) atoms. The first kappa shape index (κ1) is 20.1. The Kier molecular flexibility index (Phi) is 5.92. The van der Waals surface area contributed by atoms with Gasteiger partial charge in [0.1, 0.15) is 23.2 Å². The molecule has 0 radical (unpaired) electrons. The fraction of sp³-hybridized carbons (Fsp3) is 0.238. The summed E-state index contributed by atoms with van der Waals surface area (Å²) in [4.78, 5) is 21.9. The molecule has 2 heterocycles. The molecular formula is C21H23N5O3. The lowest BCUT2D eigenvalue weighted by atomic mass is 10.1. The van der Waals surface area contributed by atoms with Crippen LogP contribution in [0.1, 0.15) is 41.7 Å². The predicted octanol–water partition coefficient (Wildman–Crippen LogP) is 4.07. The average Bonchev–Trinajstić information content (AvgIpc) is 3.16. The molecule has 0 saturated heterocycles. The smallest absolute Gasteiger partial charge is 0.335 e. The topological polar surface area (TPSA) is 104 Å². The molecule has 2 aromatic heterocycles. The van der Waals surface area contributed by atoms with Crippen molar-refractivity contribution in [1.82, 2.24) is 9.97 Å². The Morgan fingerprint density at radius 1 is 1.17 bits per heavy atom. The summed E-state index contributed by atoms with van der Waals surface area (Å²) in [6.45, 7) is 4.07. The highest BCUT2D eigenvalue weighted by molar-refractivity contribution is 5.88. The normalized spacial score (nSPS) is 11.2. The molecule has 150 valence electrons. The molecule has 0 fully saturated rings. The maximum absolute atomic E-state index is 10.9. The van der Waals surface area contributed by atoms with Crippen molar-refractivity contribution in [3.63, 3.8) is 0 Å². The summed E-state index contributed by atoms with van der Waals surface area (Å²) in [5, 5.41) is 13.2. The monoisotopic (exact) mass is 393 g/mol. The predicted molar refractivity (Wildman–Crippen MR) is 113 cm³/mol. The molecule has 8 nitrogen and oxygen atoms in total. The van der Waals surface area contributed by atoms with E-state index in [1.807, 2.05) is 45.0 Å². The molecule has 0 saturated carbocycles. The molecule has 8 heteroatoms. The molecule has 3 rings (SSSR count). The van der Waals surface area contributed by atoms with Gasteiger partial charge in [-0.05, 0) is 24.3 Å². The Morgan fingerprint density at radius 2 is 1.90 bits per heavy atom. The minimum absolute atomic E-state index is 0.194. The van der Waals surface area contributed by atoms with E-state index in [0.717, 1.165) is 17.2 Å². The van der Waals surface area contributed by atoms with Crippen molar-refractivity contribution in [2.75, 3.05) is 24.4 Å². The van der Waals surface area contributed by atoms with Crippen molar-refractivity contribution in [1.29, 1.82) is 0 Å². The largest absolute Gasteiger partial charge is 0.478 e. The van der Waals surface area contributed by atoms with Crippen LogP contribution in [0.15, 0.2) is 52.0 Å². The van der Waals surface area contributed by atoms with Crippen molar-refractivity contribution in [2.24, 2.45) is 5.10 Å². The van der Waals surface area contributed by atoms with E-state index in [0.29, 0.717) is 17.3 Å². The van der Waals surface area contributed by atoms with Crippen LogP contribution in [0.25, 0.3) is 11.3 Å². The van der Waals surface area contributed by atoms with Crippen molar-refractivity contribution in [3.8, 4) is 11.3 Å². The summed E-state index contributed by atoms with van der Waals surface area (Å²) in [6.07, 6.45) is 1.56. The number of benzene rings is 1. The van der Waals surface area contributed by atoms with E-state index in [-0.39, 0.29) is 11.5 Å². The third-order valence-electron chi connectivity index (χ3n) is 4.12. The van der Waals surface area contributed by atoms with Gasteiger partial charge in [0.05, 0.1) is 11.8 Å². The lowest BCUT2D eigenvalue weighted by molar-refractivity contribution is 0.0697. The van der Waals surface area contributed by atoms with Crippen LogP contribution in [0.3, 0.4) is 0 Å². The number of anilines is 2. The van der Waals surface area contributed by atoms with Gasteiger partial charge in [-0.3, -0.25) is 5.43 Å². The third kappa shape index (κ3) is 4.98. The summed E-state index contributed by atoms with van der Waals surface area (Å²) in [7, 11) is 3.85. The van der Waals surface area contributed by atoms with Gasteiger partial charge in [-0.2, -0.15) is 5.10 Å². The molecule has 0 unspecified atom stereocenters. The van der Waals surface area contributed by atoms with Crippen molar-refractivity contribution in [3.05, 3.63) is 59.6 Å². The first-order chi connectivity index (χ1) is 13.8. The van der Waals surface area contributed by atoms with Crippen LogP contribution in [0, 0.1) is 0 Å². The zero-order chi connectivity index (χ0) is 21.0. The van der Waals surface area contributed by atoms with Gasteiger partial charge in [0, 0.05) is 31.6 Å². The quantitative estimate of drug-likeness (QED) is 0.460. The van der Waals surface area contributed by atoms with E-state index in [9.17, 15) is 4.79 Å². The molecule has 0 aliphatic rings. The number of nitrogens with zero attached hydrogens (tertiary/aromatic N) is 4. The molecule has 0 aliphatic carbocycles. The fourth-order valence-corrected chi connectivity index (χ4v) is 2.51. The minimum Gasteiger partial charge on any atom is -0.478 e. The lowest BCUT2D eigenvalue weighted by Gasteiger charge is -2.15. The molecule has 0 bridgehead atoms. The number of furan rings is 1. The van der Waals surface area contributed by atoms with E-state index in [2.05, 4.69) is 20.5 Å². The highest BCUT2D eigenvalue weighted by Gasteiger charge is 2.09. The van der Waals surface area contributed by atoms with Crippen LogP contribution in [-0.4, -0.2) is 41.4 Å². The number of nitrogens with one attached hydrogen (secondary N) is 1. The highest BCUT2D eigenvalue weighted by Crippen LogP contribution is 2.22. The zero-order valence-corrected chi connectivity index (χ0v) is 16.7. The number of hydrogen-bond donors (Lipinski definition) is 2. The van der Waals surface area contributed by atoms with Crippen LogP contribution in [-0.2, 0) is 0 Å². The van der Waals surface area contributed by atoms with Gasteiger partial charge in [0.15, 0.2) is 5.82 Å². The number of rotatable bonds is 7. The average molecular weight is 393 g/mol. The molecule has 2 N–H and O–H groups in total. The second-order valence-corrected chi connectivity index (χ2v) is 6.97. The van der Waals surface area contributed by atoms with Crippen molar-refractivity contribution in [2.45, 2.75) is 19.8 Å². The Bertz CT molecular complexity index is 997. The van der Waals surface area contributed by atoms with Gasteiger partial charge >= 0.3 is 5.97 Å². The van der Waals surface area contributed by atoms with Gasteiger partial charge in [-0.1, -0.05) is 26.0 Å². The van der Waals surface area contributed by atoms with Gasteiger partial charge in [0.25, 0.3) is 0 Å². The number of aromatic nitrogens is 2. The summed E-state index contributed by atoms with van der Waals surface area (Å²) < 4.78 is 5.75. The first-order valence-corrected chi connectivity index (χ1v) is 9.12. The highest BCUT2D eigenvalue weighted by atomic mass is 16.4. The van der Waals surface area contributed by atoms with Gasteiger partial charge in [-0.25, -0.2) is 14.8 Å². The van der Waals surface area contributed by atoms with E-state index < -0.39 is 5.97 Å². The summed E-state index contributed by atoms with van der Waals surface area (Å²) >= 11 is 0. The van der Waals surface area contributed by atoms with Crippen LogP contribution < -0.4 is 10.3 Å². The molecule has 1 aromatic carbocycles. The third-order valence-corrected chi connectivity index (χ3v) is 4.12. The molecule has 0 amide bonds. The SMILES string of the molecule is CC(C)c1nc(N/N=C/c2ccc(-c3ccc(C(=O)O)cc3)o2)cc(N(C)C)n1. The molecule has 0 spiro atoms. The summed E-state index contributed by atoms with van der Waals surface area (Å²) in [6, 6.07) is 11.9. The van der Waals surface area contributed by atoms with E-state index in [1.54, 1.807) is 36.5 Å². The Labute approximate surface area is 168 Å². The number of carboxylic acids is 1. The van der Waals surface area contributed by atoms with E-state index in [1.165, 1.54) is 0 Å². The van der Waals surface area contributed by atoms with Gasteiger partial charge in [0.2, 0.25) is 0 Å². The standard InChI is InChI=1S/C21H23N5O3/c1-13(2)20-23-18(11-19(24-20)26(3)4)25-22-12-16-9-10-17(29-16)14-5-7-15(8-6-14)21(27)28/h5-13H,1-4H3,(H,27,28)(H,23,24,25)/b22-12+. The molecule has 3 aromatic rings. The molecular weight excluding hydrogens is 370 g/mol. The zero-order valence-electron chi connectivity index (χ0n) is 16.7. The van der Waals surface area contributed by atoms with Gasteiger partial charge < -0.3 is 14.4 Å². The van der Waals surface area contributed by atoms with Gasteiger partial charge in [-0.15, -0.1) is 0 Å². The van der Waals surface area contributed by atoms with Crippen LogP contribution in [0.2, 0.25) is 0 Å². The van der Waals surface area contributed by atoms with Crippen LogP contribution in [0.4, 0.5) is 11.6 Å². The Hall–Kier alpha value is -3.68. The van der Waals surface area contributed by atoms with E-state index >= 15 is 0 Å². The fourth-order valence-electron chi connectivity index (χ4n) is 2.51. The van der Waals surface area contributed by atoms with Crippen molar-refractivity contribution < 1.29 is 14.3 Å². The Balaban J connectivity index is 1.72. The number of carboxylic acid groups (broad SMARTS) is 1. The lowest BCUT2D eigenvalue weighted by Crippen LogP contribution is -2.13. The second kappa shape index (κ2) is 8.55. The van der Waals surface area contributed by atoms with Crippen LogP contribution in [0.5, 0.6) is 0 Å². The van der Waals surface area contributed by atoms with Crippen molar-refractivity contribution >= 4 is 23.8 Å². The second-order valence-electron chi connectivity index (χ2n) is 6.97.